The molecule has 0 radical (unpaired) electrons. The van der Waals surface area contributed by atoms with E-state index < -0.39 is 21.8 Å². The summed E-state index contributed by atoms with van der Waals surface area (Å²) in [6, 6.07) is -0.416. The van der Waals surface area contributed by atoms with Gasteiger partial charge in [-0.25, -0.2) is 13.4 Å². The second kappa shape index (κ2) is 8.23. The number of likely N-dealkylation sites (N-methyl/N-ethyl adjacent to an activating group) is 1. The second-order valence-electron chi connectivity index (χ2n) is 7.22. The molecule has 1 aliphatic rings. The van der Waals surface area contributed by atoms with Crippen molar-refractivity contribution in [2.45, 2.75) is 39.8 Å². The quantitative estimate of drug-likeness (QED) is 0.687. The van der Waals surface area contributed by atoms with Crippen molar-refractivity contribution in [2.75, 3.05) is 24.6 Å². The first-order valence-corrected chi connectivity index (χ1v) is 12.0. The maximum Gasteiger partial charge on any atom is 0.262 e. The van der Waals surface area contributed by atoms with Crippen molar-refractivity contribution in [3.8, 4) is 0 Å². The van der Waals surface area contributed by atoms with Gasteiger partial charge in [0, 0.05) is 17.5 Å². The van der Waals surface area contributed by atoms with Crippen LogP contribution in [0.5, 0.6) is 0 Å². The fraction of sp³-hybridized carbons (Fsp3) is 0.556. The van der Waals surface area contributed by atoms with Gasteiger partial charge in [0.15, 0.2) is 9.84 Å². The van der Waals surface area contributed by atoms with Crippen LogP contribution in [0.2, 0.25) is 0 Å². The summed E-state index contributed by atoms with van der Waals surface area (Å²) in [5, 5.41) is 3.19. The summed E-state index contributed by atoms with van der Waals surface area (Å²) in [5.74, 6) is -0.796. The zero-order valence-corrected chi connectivity index (χ0v) is 18.2. The Morgan fingerprint density at radius 2 is 2.10 bits per heavy atom. The number of carbonyl (C=O) groups is 2. The van der Waals surface area contributed by atoms with Crippen LogP contribution in [-0.2, 0) is 26.0 Å². The predicted molar refractivity (Wildman–Crippen MR) is 111 cm³/mol. The topological polar surface area (TPSA) is 118 Å². The van der Waals surface area contributed by atoms with Gasteiger partial charge in [-0.2, -0.15) is 0 Å². The minimum absolute atomic E-state index is 0.0637. The summed E-state index contributed by atoms with van der Waals surface area (Å²) >= 11 is 1.44. The molecule has 0 aliphatic carbocycles. The van der Waals surface area contributed by atoms with Crippen molar-refractivity contribution in [3.63, 3.8) is 0 Å². The Bertz CT molecular complexity index is 1120. The zero-order chi connectivity index (χ0) is 21.3. The van der Waals surface area contributed by atoms with E-state index in [0.29, 0.717) is 16.6 Å². The molecule has 3 rings (SSSR count). The van der Waals surface area contributed by atoms with Gasteiger partial charge in [0.05, 0.1) is 29.8 Å². The van der Waals surface area contributed by atoms with Gasteiger partial charge >= 0.3 is 0 Å². The first kappa shape index (κ1) is 21.4. The standard InChI is InChI=1S/C18H24N4O5S2/c1-4-21(7-14(23)20-13-5-6-29(26,27)9-13)15(24)8-22-10-19-17-16(18(22)25)11(2)12(3)28-17/h10,13H,4-9H2,1-3H3,(H,20,23). The highest BCUT2D eigenvalue weighted by atomic mass is 32.2. The highest BCUT2D eigenvalue weighted by Crippen LogP contribution is 2.25. The van der Waals surface area contributed by atoms with E-state index in [2.05, 4.69) is 10.3 Å². The molecule has 158 valence electrons. The Labute approximate surface area is 172 Å². The monoisotopic (exact) mass is 440 g/mol. The van der Waals surface area contributed by atoms with Crippen molar-refractivity contribution < 1.29 is 18.0 Å². The predicted octanol–water partition coefficient (Wildman–Crippen LogP) is 0.227. The average molecular weight is 441 g/mol. The van der Waals surface area contributed by atoms with E-state index in [9.17, 15) is 22.8 Å². The largest absolute Gasteiger partial charge is 0.351 e. The number of sulfone groups is 1. The third-order valence-electron chi connectivity index (χ3n) is 5.13. The summed E-state index contributed by atoms with van der Waals surface area (Å²) < 4.78 is 24.3. The number of nitrogens with one attached hydrogen (secondary N) is 1. The van der Waals surface area contributed by atoms with Gasteiger partial charge in [0.25, 0.3) is 5.56 Å². The Kier molecular flexibility index (Phi) is 6.08. The summed E-state index contributed by atoms with van der Waals surface area (Å²) in [6.07, 6.45) is 1.74. The van der Waals surface area contributed by atoms with E-state index in [0.717, 1.165) is 10.4 Å². The van der Waals surface area contributed by atoms with Crippen molar-refractivity contribution in [1.82, 2.24) is 19.8 Å². The minimum Gasteiger partial charge on any atom is -0.351 e. The molecule has 2 amide bonds. The molecule has 0 aromatic carbocycles. The summed E-state index contributed by atoms with van der Waals surface area (Å²) in [5.41, 5.74) is 0.587. The lowest BCUT2D eigenvalue weighted by Crippen LogP contribution is -2.45. The molecule has 0 bridgehead atoms. The maximum atomic E-state index is 12.7. The van der Waals surface area contributed by atoms with E-state index in [4.69, 9.17) is 0 Å². The molecule has 29 heavy (non-hydrogen) atoms. The van der Waals surface area contributed by atoms with Crippen LogP contribution in [0.3, 0.4) is 0 Å². The van der Waals surface area contributed by atoms with Gasteiger partial charge < -0.3 is 10.2 Å². The smallest absolute Gasteiger partial charge is 0.262 e. The summed E-state index contributed by atoms with van der Waals surface area (Å²) in [6.45, 7) is 5.40. The van der Waals surface area contributed by atoms with Gasteiger partial charge in [0.2, 0.25) is 11.8 Å². The lowest BCUT2D eigenvalue weighted by atomic mass is 10.2. The first-order valence-electron chi connectivity index (χ1n) is 9.34. The third kappa shape index (κ3) is 4.67. The SMILES string of the molecule is CCN(CC(=O)NC1CCS(=O)(=O)C1)C(=O)Cn1cnc2sc(C)c(C)c2c1=O. The Balaban J connectivity index is 1.68. The fourth-order valence-corrected chi connectivity index (χ4v) is 6.02. The van der Waals surface area contributed by atoms with E-state index in [-0.39, 0.29) is 42.6 Å². The Morgan fingerprint density at radius 3 is 2.72 bits per heavy atom. The van der Waals surface area contributed by atoms with Gasteiger partial charge in [-0.15, -0.1) is 11.3 Å². The van der Waals surface area contributed by atoms with Crippen LogP contribution in [0, 0.1) is 13.8 Å². The van der Waals surface area contributed by atoms with Crippen molar-refractivity contribution in [1.29, 1.82) is 0 Å². The van der Waals surface area contributed by atoms with Crippen LogP contribution in [0.25, 0.3) is 10.2 Å². The number of thiophene rings is 1. The molecule has 0 spiro atoms. The van der Waals surface area contributed by atoms with Crippen molar-refractivity contribution in [2.24, 2.45) is 0 Å². The highest BCUT2D eigenvalue weighted by molar-refractivity contribution is 7.91. The van der Waals surface area contributed by atoms with E-state index in [1.165, 1.54) is 27.1 Å². The van der Waals surface area contributed by atoms with E-state index in [1.54, 1.807) is 6.92 Å². The Morgan fingerprint density at radius 1 is 1.38 bits per heavy atom. The third-order valence-corrected chi connectivity index (χ3v) is 8.01. The van der Waals surface area contributed by atoms with Crippen LogP contribution in [0.4, 0.5) is 0 Å². The molecule has 1 N–H and O–H groups in total. The lowest BCUT2D eigenvalue weighted by Gasteiger charge is -2.22. The van der Waals surface area contributed by atoms with Gasteiger partial charge in [-0.05, 0) is 32.8 Å². The summed E-state index contributed by atoms with van der Waals surface area (Å²) in [7, 11) is -3.10. The molecule has 1 saturated heterocycles. The van der Waals surface area contributed by atoms with Crippen LogP contribution >= 0.6 is 11.3 Å². The number of amides is 2. The first-order chi connectivity index (χ1) is 13.6. The maximum absolute atomic E-state index is 12.7. The number of carbonyl (C=O) groups excluding carboxylic acids is 2. The molecule has 2 aromatic heterocycles. The van der Waals surface area contributed by atoms with E-state index in [1.807, 2.05) is 13.8 Å². The summed E-state index contributed by atoms with van der Waals surface area (Å²) in [4.78, 5) is 44.9. The molecule has 1 fully saturated rings. The van der Waals surface area contributed by atoms with Crippen molar-refractivity contribution >= 4 is 43.2 Å². The van der Waals surface area contributed by atoms with Gasteiger partial charge in [-0.3, -0.25) is 19.0 Å². The minimum atomic E-state index is -3.10. The number of hydrogen-bond donors (Lipinski definition) is 1. The lowest BCUT2D eigenvalue weighted by molar-refractivity contribution is -0.136. The van der Waals surface area contributed by atoms with Crippen LogP contribution in [0.15, 0.2) is 11.1 Å². The number of aryl methyl sites for hydroxylation is 2. The molecule has 9 nitrogen and oxygen atoms in total. The number of fused-ring (bicyclic) bond motifs is 1. The van der Waals surface area contributed by atoms with Gasteiger partial charge in [-0.1, -0.05) is 0 Å². The number of hydrogen-bond acceptors (Lipinski definition) is 7. The molecule has 11 heteroatoms. The molecule has 2 aromatic rings. The van der Waals surface area contributed by atoms with Gasteiger partial charge in [0.1, 0.15) is 11.4 Å². The molecular formula is C18H24N4O5S2. The molecular weight excluding hydrogens is 416 g/mol. The Hall–Kier alpha value is -2.27. The zero-order valence-electron chi connectivity index (χ0n) is 16.6. The molecule has 3 heterocycles. The average Bonchev–Trinajstić information content (AvgIpc) is 3.13. The normalized spacial score (nSPS) is 18.1. The second-order valence-corrected chi connectivity index (χ2v) is 10.6. The molecule has 1 atom stereocenters. The van der Waals surface area contributed by atoms with Crippen LogP contribution in [-0.4, -0.2) is 65.3 Å². The molecule has 1 unspecified atom stereocenters. The van der Waals surface area contributed by atoms with Crippen molar-refractivity contribution in [3.05, 3.63) is 27.1 Å². The van der Waals surface area contributed by atoms with E-state index >= 15 is 0 Å². The van der Waals surface area contributed by atoms with Crippen LogP contribution in [0.1, 0.15) is 23.8 Å². The molecule has 0 saturated carbocycles. The number of nitrogens with zero attached hydrogens (tertiary/aromatic N) is 3. The number of aromatic nitrogens is 2. The number of rotatable bonds is 6. The highest BCUT2D eigenvalue weighted by Gasteiger charge is 2.29. The fourth-order valence-electron chi connectivity index (χ4n) is 3.36. The van der Waals surface area contributed by atoms with Crippen LogP contribution < -0.4 is 10.9 Å². The molecule has 1 aliphatic heterocycles.